The van der Waals surface area contributed by atoms with E-state index in [2.05, 4.69) is 39.9 Å². The van der Waals surface area contributed by atoms with Crippen LogP contribution in [0.25, 0.3) is 0 Å². The minimum Gasteiger partial charge on any atom is -0.342 e. The number of nitrogens with zero attached hydrogens (tertiary/aromatic N) is 4. The molecule has 3 fully saturated rings. The molecular weight excluding hydrogens is 336 g/mol. The van der Waals surface area contributed by atoms with Gasteiger partial charge in [0.25, 0.3) is 0 Å². The number of amides is 1. The van der Waals surface area contributed by atoms with Crippen molar-refractivity contribution in [3.05, 3.63) is 35.4 Å². The van der Waals surface area contributed by atoms with Crippen molar-refractivity contribution in [2.75, 3.05) is 39.8 Å². The van der Waals surface area contributed by atoms with Gasteiger partial charge in [-0.05, 0) is 56.3 Å². The second-order valence-electron chi connectivity index (χ2n) is 8.70. The molecule has 3 aliphatic rings. The lowest BCUT2D eigenvalue weighted by Gasteiger charge is -2.49. The lowest BCUT2D eigenvalue weighted by atomic mass is 9.86. The summed E-state index contributed by atoms with van der Waals surface area (Å²) >= 11 is 0. The maximum absolute atomic E-state index is 12.6. The number of hydrogen-bond donors (Lipinski definition) is 0. The van der Waals surface area contributed by atoms with Crippen LogP contribution < -0.4 is 0 Å². The fourth-order valence-electron chi connectivity index (χ4n) is 4.66. The molecule has 2 heterocycles. The highest BCUT2D eigenvalue weighted by molar-refractivity contribution is 5.76. The minimum atomic E-state index is 0.110. The van der Waals surface area contributed by atoms with Crippen LogP contribution in [0.15, 0.2) is 24.3 Å². The average molecular weight is 367 g/mol. The lowest BCUT2D eigenvalue weighted by molar-refractivity contribution is -0.131. The zero-order chi connectivity index (χ0) is 18.9. The van der Waals surface area contributed by atoms with Gasteiger partial charge in [-0.15, -0.1) is 0 Å². The molecule has 144 valence electrons. The van der Waals surface area contributed by atoms with Gasteiger partial charge in [0, 0.05) is 51.2 Å². The normalized spacial score (nSPS) is 27.6. The van der Waals surface area contributed by atoms with Gasteiger partial charge in [-0.1, -0.05) is 12.1 Å². The molecule has 1 atom stereocenters. The van der Waals surface area contributed by atoms with Crippen LogP contribution in [0, 0.1) is 17.2 Å². The number of likely N-dealkylation sites (tertiary alicyclic amines) is 1. The van der Waals surface area contributed by atoms with Crippen LogP contribution in [0.2, 0.25) is 0 Å². The van der Waals surface area contributed by atoms with Gasteiger partial charge in [0.05, 0.1) is 11.6 Å². The van der Waals surface area contributed by atoms with Crippen LogP contribution >= 0.6 is 0 Å². The number of carbonyl (C=O) groups excluding carboxylic acids is 1. The quantitative estimate of drug-likeness (QED) is 0.821. The van der Waals surface area contributed by atoms with Gasteiger partial charge in [-0.2, -0.15) is 5.26 Å². The summed E-state index contributed by atoms with van der Waals surface area (Å²) in [5.41, 5.74) is 2.08. The summed E-state index contributed by atoms with van der Waals surface area (Å²) in [7, 11) is 2.24. The number of carbonyl (C=O) groups is 1. The highest BCUT2D eigenvalue weighted by atomic mass is 16.2. The first-order chi connectivity index (χ1) is 13.1. The van der Waals surface area contributed by atoms with E-state index in [9.17, 15) is 4.79 Å². The molecule has 1 aliphatic carbocycles. The predicted molar refractivity (Wildman–Crippen MR) is 105 cm³/mol. The monoisotopic (exact) mass is 366 g/mol. The molecule has 5 heteroatoms. The summed E-state index contributed by atoms with van der Waals surface area (Å²) in [4.78, 5) is 19.8. The summed E-state index contributed by atoms with van der Waals surface area (Å²) in [6.07, 6.45) is 5.32. The number of rotatable bonds is 4. The summed E-state index contributed by atoms with van der Waals surface area (Å²) in [5.74, 6) is 1.12. The first-order valence-electron chi connectivity index (χ1n) is 10.3. The van der Waals surface area contributed by atoms with Crippen LogP contribution in [0.1, 0.15) is 43.2 Å². The van der Waals surface area contributed by atoms with Crippen molar-refractivity contribution in [3.63, 3.8) is 0 Å². The maximum Gasteiger partial charge on any atom is 0.222 e. The fourth-order valence-corrected chi connectivity index (χ4v) is 4.66. The Morgan fingerprint density at radius 1 is 1.15 bits per heavy atom. The maximum atomic E-state index is 12.6. The Labute approximate surface area is 162 Å². The molecule has 1 aromatic carbocycles. The number of piperazine rings is 1. The molecule has 1 amide bonds. The summed E-state index contributed by atoms with van der Waals surface area (Å²) in [5, 5.41) is 8.98. The topological polar surface area (TPSA) is 50.6 Å². The van der Waals surface area contributed by atoms with E-state index < -0.39 is 0 Å². The largest absolute Gasteiger partial charge is 0.342 e. The number of nitriles is 1. The molecule has 0 radical (unpaired) electrons. The molecule has 0 bridgehead atoms. The van der Waals surface area contributed by atoms with Gasteiger partial charge >= 0.3 is 0 Å². The van der Waals surface area contributed by atoms with E-state index in [1.807, 2.05) is 12.1 Å². The average Bonchev–Trinajstić information content (AvgIpc) is 3.51. The van der Waals surface area contributed by atoms with Crippen molar-refractivity contribution < 1.29 is 4.79 Å². The molecule has 1 spiro atoms. The molecule has 1 saturated carbocycles. The molecular formula is C22H30N4O. The Balaban J connectivity index is 1.42. The van der Waals surface area contributed by atoms with Crippen LogP contribution in [0.4, 0.5) is 0 Å². The molecule has 0 aromatic heterocycles. The fraction of sp³-hybridized carbons (Fsp3) is 0.636. The third kappa shape index (κ3) is 4.17. The van der Waals surface area contributed by atoms with E-state index in [1.54, 1.807) is 0 Å². The minimum absolute atomic E-state index is 0.110. The number of hydrogen-bond acceptors (Lipinski definition) is 4. The third-order valence-corrected chi connectivity index (χ3v) is 6.75. The summed E-state index contributed by atoms with van der Waals surface area (Å²) in [6.45, 7) is 5.93. The SMILES string of the molecule is CN1CCN(Cc2ccc(C#N)cc2)C[C@]12CCC(=O)N(CC1CC1)CC2. The van der Waals surface area contributed by atoms with Crippen LogP contribution in [0.3, 0.4) is 0 Å². The van der Waals surface area contributed by atoms with Gasteiger partial charge in [0.2, 0.25) is 5.91 Å². The lowest BCUT2D eigenvalue weighted by Crippen LogP contribution is -2.60. The zero-order valence-corrected chi connectivity index (χ0v) is 16.4. The van der Waals surface area contributed by atoms with E-state index in [4.69, 9.17) is 5.26 Å². The Morgan fingerprint density at radius 3 is 2.63 bits per heavy atom. The van der Waals surface area contributed by atoms with Crippen LogP contribution in [-0.2, 0) is 11.3 Å². The summed E-state index contributed by atoms with van der Waals surface area (Å²) in [6, 6.07) is 10.1. The van der Waals surface area contributed by atoms with E-state index in [0.29, 0.717) is 17.9 Å². The Bertz CT molecular complexity index is 721. The van der Waals surface area contributed by atoms with Gasteiger partial charge < -0.3 is 4.90 Å². The Hall–Kier alpha value is -1.90. The summed E-state index contributed by atoms with van der Waals surface area (Å²) < 4.78 is 0. The number of benzene rings is 1. The van der Waals surface area contributed by atoms with E-state index in [0.717, 1.165) is 58.0 Å². The van der Waals surface area contributed by atoms with Crippen LogP contribution in [0.5, 0.6) is 0 Å². The Morgan fingerprint density at radius 2 is 1.93 bits per heavy atom. The first kappa shape index (κ1) is 18.5. The van der Waals surface area contributed by atoms with Gasteiger partial charge in [0.15, 0.2) is 0 Å². The molecule has 0 N–H and O–H groups in total. The van der Waals surface area contributed by atoms with Crippen molar-refractivity contribution in [2.24, 2.45) is 5.92 Å². The van der Waals surface area contributed by atoms with Gasteiger partial charge in [-0.25, -0.2) is 0 Å². The smallest absolute Gasteiger partial charge is 0.222 e. The Kier molecular flexibility index (Phi) is 5.21. The zero-order valence-electron chi connectivity index (χ0n) is 16.4. The van der Waals surface area contributed by atoms with Crippen LogP contribution in [-0.4, -0.2) is 65.9 Å². The molecule has 5 nitrogen and oxygen atoms in total. The molecule has 0 unspecified atom stereocenters. The van der Waals surface area contributed by atoms with E-state index >= 15 is 0 Å². The van der Waals surface area contributed by atoms with Crippen molar-refractivity contribution >= 4 is 5.91 Å². The number of likely N-dealkylation sites (N-methyl/N-ethyl adjacent to an activating group) is 1. The van der Waals surface area contributed by atoms with Crippen molar-refractivity contribution in [1.29, 1.82) is 5.26 Å². The first-order valence-corrected chi connectivity index (χ1v) is 10.3. The molecule has 2 aliphatic heterocycles. The highest BCUT2D eigenvalue weighted by Crippen LogP contribution is 2.35. The highest BCUT2D eigenvalue weighted by Gasteiger charge is 2.42. The predicted octanol–water partition coefficient (Wildman–Crippen LogP) is 2.47. The third-order valence-electron chi connectivity index (χ3n) is 6.75. The van der Waals surface area contributed by atoms with Crippen molar-refractivity contribution in [2.45, 2.75) is 44.2 Å². The van der Waals surface area contributed by atoms with E-state index in [1.165, 1.54) is 18.4 Å². The van der Waals surface area contributed by atoms with Crippen molar-refractivity contribution in [3.8, 4) is 6.07 Å². The standard InChI is InChI=1S/C22H30N4O/c1-24-12-13-25(15-19-4-2-18(14-23)3-5-19)17-22(24)9-8-21(27)26(11-10-22)16-20-6-7-20/h2-5,20H,6-13,15-17H2,1H3/t22-/m1/s1. The second kappa shape index (κ2) is 7.61. The molecule has 1 aromatic rings. The molecule has 27 heavy (non-hydrogen) atoms. The van der Waals surface area contributed by atoms with Gasteiger partial charge in [-0.3, -0.25) is 14.6 Å². The van der Waals surface area contributed by atoms with E-state index in [-0.39, 0.29) is 5.54 Å². The molecule has 2 saturated heterocycles. The molecule has 4 rings (SSSR count). The second-order valence-corrected chi connectivity index (χ2v) is 8.70. The van der Waals surface area contributed by atoms with Crippen molar-refractivity contribution in [1.82, 2.24) is 14.7 Å². The van der Waals surface area contributed by atoms with Gasteiger partial charge in [0.1, 0.15) is 0 Å².